The predicted octanol–water partition coefficient (Wildman–Crippen LogP) is 6.85. The minimum atomic E-state index is -0.614. The van der Waals surface area contributed by atoms with Crippen molar-refractivity contribution < 1.29 is 13.6 Å². The third kappa shape index (κ3) is 6.21. The molecule has 1 aliphatic heterocycles. The van der Waals surface area contributed by atoms with Crippen molar-refractivity contribution in [1.82, 2.24) is 10.2 Å². The number of halogens is 4. The summed E-state index contributed by atoms with van der Waals surface area (Å²) in [5, 5.41) is 4.29. The van der Waals surface area contributed by atoms with Crippen LogP contribution in [0.2, 0.25) is 10.0 Å². The molecule has 0 aliphatic carbocycles. The third-order valence-electron chi connectivity index (χ3n) is 6.58. The molecule has 3 nitrogen and oxygen atoms in total. The number of carbonyl (C=O) groups excluding carboxylic acids is 1. The molecule has 35 heavy (non-hydrogen) atoms. The minimum absolute atomic E-state index is 0.0177. The van der Waals surface area contributed by atoms with Crippen LogP contribution in [0.3, 0.4) is 0 Å². The fraction of sp³-hybridized carbons (Fsp3) is 0.321. The number of hydrogen-bond acceptors (Lipinski definition) is 2. The Kier molecular flexibility index (Phi) is 8.10. The van der Waals surface area contributed by atoms with Crippen molar-refractivity contribution in [3.63, 3.8) is 0 Å². The summed E-state index contributed by atoms with van der Waals surface area (Å²) in [5.74, 6) is -1.57. The van der Waals surface area contributed by atoms with Crippen LogP contribution in [0.15, 0.2) is 66.7 Å². The molecular formula is C28H28Cl2F2N2O. The fourth-order valence-electron chi connectivity index (χ4n) is 4.68. The van der Waals surface area contributed by atoms with E-state index in [0.717, 1.165) is 17.2 Å². The summed E-state index contributed by atoms with van der Waals surface area (Å²) in [4.78, 5) is 14.6. The van der Waals surface area contributed by atoms with Gasteiger partial charge in [-0.05, 0) is 59.0 Å². The van der Waals surface area contributed by atoms with Crippen molar-refractivity contribution in [2.24, 2.45) is 11.8 Å². The highest BCUT2D eigenvalue weighted by molar-refractivity contribution is 6.30. The molecule has 1 fully saturated rings. The Morgan fingerprint density at radius 2 is 1.37 bits per heavy atom. The maximum absolute atomic E-state index is 14.1. The van der Waals surface area contributed by atoms with Crippen molar-refractivity contribution in [1.29, 1.82) is 0 Å². The Hall–Kier alpha value is -2.47. The maximum atomic E-state index is 14.1. The number of hydrogen-bond donors (Lipinski definition) is 1. The summed E-state index contributed by atoms with van der Waals surface area (Å²) < 4.78 is 28.1. The molecule has 1 unspecified atom stereocenters. The van der Waals surface area contributed by atoms with Gasteiger partial charge < -0.3 is 5.32 Å². The smallest absolute Gasteiger partial charge is 0.222 e. The van der Waals surface area contributed by atoms with Crippen LogP contribution in [-0.2, 0) is 4.79 Å². The minimum Gasteiger partial charge on any atom is -0.355 e. The Labute approximate surface area is 215 Å². The van der Waals surface area contributed by atoms with Gasteiger partial charge in [0.15, 0.2) is 0 Å². The Morgan fingerprint density at radius 3 is 1.83 bits per heavy atom. The van der Waals surface area contributed by atoms with E-state index in [1.807, 2.05) is 62.4 Å². The van der Waals surface area contributed by atoms with Crippen LogP contribution in [0.25, 0.3) is 0 Å². The van der Waals surface area contributed by atoms with Gasteiger partial charge in [-0.3, -0.25) is 9.69 Å². The fourth-order valence-corrected chi connectivity index (χ4v) is 4.93. The summed E-state index contributed by atoms with van der Waals surface area (Å²) in [6.07, 6.45) is 0. The molecule has 3 aromatic carbocycles. The Morgan fingerprint density at radius 1 is 0.886 bits per heavy atom. The molecule has 0 aromatic heterocycles. The average molecular weight is 517 g/mol. The van der Waals surface area contributed by atoms with Crippen molar-refractivity contribution >= 4 is 29.1 Å². The summed E-state index contributed by atoms with van der Waals surface area (Å²) in [6.45, 7) is 5.37. The number of carbonyl (C=O) groups is 1. The number of benzene rings is 3. The molecule has 1 saturated heterocycles. The average Bonchev–Trinajstić information content (AvgIpc) is 2.78. The monoisotopic (exact) mass is 516 g/mol. The van der Waals surface area contributed by atoms with Crippen molar-refractivity contribution in [2.45, 2.75) is 25.8 Å². The first-order valence-corrected chi connectivity index (χ1v) is 12.5. The first-order chi connectivity index (χ1) is 16.7. The first kappa shape index (κ1) is 25.6. The molecule has 1 amide bonds. The summed E-state index contributed by atoms with van der Waals surface area (Å²) >= 11 is 12.2. The predicted molar refractivity (Wildman–Crippen MR) is 137 cm³/mol. The maximum Gasteiger partial charge on any atom is 0.222 e. The van der Waals surface area contributed by atoms with E-state index >= 15 is 0 Å². The van der Waals surface area contributed by atoms with Gasteiger partial charge in [0, 0.05) is 47.6 Å². The standard InChI is InChI=1S/C28H28Cl2F2N2O/c1-17(2)28(35)33-14-26(20-11-24(31)13-25(32)12-20)21-15-34(16-21)27(18-3-7-22(29)8-4-18)19-5-9-23(30)10-6-19/h3-13,17,21,26-27H,14-16H2,1-2H3,(H,33,35). The van der Waals surface area contributed by atoms with Gasteiger partial charge in [0.1, 0.15) is 11.6 Å². The summed E-state index contributed by atoms with van der Waals surface area (Å²) in [6, 6.07) is 19.1. The zero-order valence-corrected chi connectivity index (χ0v) is 21.2. The van der Waals surface area contributed by atoms with Gasteiger partial charge in [0.25, 0.3) is 0 Å². The number of rotatable bonds is 8. The van der Waals surface area contributed by atoms with Gasteiger partial charge in [-0.1, -0.05) is 61.3 Å². The second-order valence-corrected chi connectivity index (χ2v) is 10.3. The van der Waals surface area contributed by atoms with Crippen LogP contribution in [0.4, 0.5) is 8.78 Å². The zero-order chi connectivity index (χ0) is 25.1. The van der Waals surface area contributed by atoms with Crippen molar-refractivity contribution in [3.05, 3.63) is 105 Å². The lowest BCUT2D eigenvalue weighted by Gasteiger charge is -2.48. The molecule has 184 valence electrons. The molecule has 1 heterocycles. The molecule has 3 aromatic rings. The van der Waals surface area contributed by atoms with E-state index in [1.54, 1.807) is 0 Å². The lowest BCUT2D eigenvalue weighted by Crippen LogP contribution is -2.52. The number of likely N-dealkylation sites (tertiary alicyclic amines) is 1. The van der Waals surface area contributed by atoms with Crippen LogP contribution < -0.4 is 5.32 Å². The van der Waals surface area contributed by atoms with Gasteiger partial charge in [-0.15, -0.1) is 0 Å². The Balaban J connectivity index is 1.58. The van der Waals surface area contributed by atoms with E-state index < -0.39 is 11.6 Å². The van der Waals surface area contributed by atoms with Crippen LogP contribution in [0.1, 0.15) is 42.5 Å². The van der Waals surface area contributed by atoms with Crippen molar-refractivity contribution in [3.8, 4) is 0 Å². The quantitative estimate of drug-likeness (QED) is 0.355. The zero-order valence-electron chi connectivity index (χ0n) is 19.6. The molecule has 0 saturated carbocycles. The highest BCUT2D eigenvalue weighted by Crippen LogP contribution is 2.40. The van der Waals surface area contributed by atoms with Crippen molar-refractivity contribution in [2.75, 3.05) is 19.6 Å². The van der Waals surface area contributed by atoms with Gasteiger partial charge >= 0.3 is 0 Å². The van der Waals surface area contributed by atoms with Crippen LogP contribution in [0.5, 0.6) is 0 Å². The molecule has 0 spiro atoms. The largest absolute Gasteiger partial charge is 0.355 e. The molecule has 4 rings (SSSR count). The van der Waals surface area contributed by atoms with Crippen LogP contribution >= 0.6 is 23.2 Å². The highest BCUT2D eigenvalue weighted by atomic mass is 35.5. The second kappa shape index (κ2) is 11.1. The van der Waals surface area contributed by atoms with E-state index in [9.17, 15) is 13.6 Å². The second-order valence-electron chi connectivity index (χ2n) is 9.43. The highest BCUT2D eigenvalue weighted by Gasteiger charge is 2.39. The number of amides is 1. The van der Waals surface area contributed by atoms with Gasteiger partial charge in [-0.25, -0.2) is 8.78 Å². The molecule has 0 radical (unpaired) electrons. The lowest BCUT2D eigenvalue weighted by molar-refractivity contribution is -0.124. The number of nitrogens with one attached hydrogen (secondary N) is 1. The third-order valence-corrected chi connectivity index (χ3v) is 7.08. The van der Waals surface area contributed by atoms with E-state index in [1.165, 1.54) is 12.1 Å². The molecule has 1 atom stereocenters. The summed E-state index contributed by atoms with van der Waals surface area (Å²) in [5.41, 5.74) is 2.75. The Bertz CT molecular complexity index is 1100. The topological polar surface area (TPSA) is 32.3 Å². The SMILES string of the molecule is CC(C)C(=O)NCC(c1cc(F)cc(F)c1)C1CN(C(c2ccc(Cl)cc2)c2ccc(Cl)cc2)C1. The van der Waals surface area contributed by atoms with E-state index in [4.69, 9.17) is 23.2 Å². The normalized spacial score (nSPS) is 15.3. The van der Waals surface area contributed by atoms with Gasteiger partial charge in [-0.2, -0.15) is 0 Å². The first-order valence-electron chi connectivity index (χ1n) is 11.7. The molecule has 0 bridgehead atoms. The molecule has 7 heteroatoms. The molecule has 1 N–H and O–H groups in total. The summed E-state index contributed by atoms with van der Waals surface area (Å²) in [7, 11) is 0. The van der Waals surface area contributed by atoms with E-state index in [0.29, 0.717) is 35.2 Å². The lowest BCUT2D eigenvalue weighted by atomic mass is 9.78. The van der Waals surface area contributed by atoms with E-state index in [2.05, 4.69) is 10.2 Å². The van der Waals surface area contributed by atoms with Crippen LogP contribution in [0, 0.1) is 23.5 Å². The van der Waals surface area contributed by atoms with Crippen LogP contribution in [-0.4, -0.2) is 30.4 Å². The van der Waals surface area contributed by atoms with Gasteiger partial charge in [0.05, 0.1) is 6.04 Å². The number of nitrogens with zero attached hydrogens (tertiary/aromatic N) is 1. The van der Waals surface area contributed by atoms with E-state index in [-0.39, 0.29) is 29.7 Å². The molecular weight excluding hydrogens is 489 g/mol. The molecule has 1 aliphatic rings. The van der Waals surface area contributed by atoms with Gasteiger partial charge in [0.2, 0.25) is 5.91 Å².